The Morgan fingerprint density at radius 2 is 1.55 bits per heavy atom. The van der Waals surface area contributed by atoms with Crippen molar-refractivity contribution >= 4 is 6.08 Å². The van der Waals surface area contributed by atoms with E-state index in [0.29, 0.717) is 31.8 Å². The minimum atomic E-state index is -0.760. The molecule has 0 spiro atoms. The van der Waals surface area contributed by atoms with Crippen molar-refractivity contribution in [2.45, 2.75) is 64.4 Å². The highest BCUT2D eigenvalue weighted by Crippen LogP contribution is 2.41. The van der Waals surface area contributed by atoms with Crippen LogP contribution in [0.15, 0.2) is 42.5 Å². The number of hydrogen-bond donors (Lipinski definition) is 2. The summed E-state index contributed by atoms with van der Waals surface area (Å²) in [6.45, 7) is 9.77. The van der Waals surface area contributed by atoms with Crippen LogP contribution >= 0.6 is 0 Å². The Bertz CT molecular complexity index is 872. The second-order valence-corrected chi connectivity index (χ2v) is 8.41. The van der Waals surface area contributed by atoms with Crippen LogP contribution < -0.4 is 0 Å². The van der Waals surface area contributed by atoms with Gasteiger partial charge in [0.25, 0.3) is 0 Å². The van der Waals surface area contributed by atoms with E-state index in [-0.39, 0.29) is 5.41 Å². The number of aromatic hydroxyl groups is 1. The zero-order valence-corrected chi connectivity index (χ0v) is 18.2. The smallest absolute Gasteiger partial charge is 0.118 e. The number of benzene rings is 2. The molecule has 1 aliphatic heterocycles. The van der Waals surface area contributed by atoms with E-state index < -0.39 is 5.60 Å². The molecule has 29 heavy (non-hydrogen) atoms. The summed E-state index contributed by atoms with van der Waals surface area (Å²) in [6.07, 6.45) is 7.26. The van der Waals surface area contributed by atoms with Crippen LogP contribution in [0.25, 0.3) is 6.08 Å². The Morgan fingerprint density at radius 3 is 2.10 bits per heavy atom. The van der Waals surface area contributed by atoms with E-state index >= 15 is 0 Å². The fourth-order valence-corrected chi connectivity index (χ4v) is 4.48. The van der Waals surface area contributed by atoms with Crippen LogP contribution in [-0.2, 0) is 10.2 Å². The molecule has 0 unspecified atom stereocenters. The monoisotopic (exact) mass is 394 g/mol. The van der Waals surface area contributed by atoms with E-state index in [1.807, 2.05) is 19.1 Å². The lowest BCUT2D eigenvalue weighted by Gasteiger charge is -2.34. The SMILES string of the molecule is CCC(CC)(c1ccc(O)c(C)c1)c1ccc(C=CC2(O)CCOCC2)c(C)c1. The van der Waals surface area contributed by atoms with E-state index in [4.69, 9.17) is 4.74 Å². The molecule has 0 amide bonds. The fourth-order valence-electron chi connectivity index (χ4n) is 4.48. The molecule has 1 aliphatic rings. The summed E-state index contributed by atoms with van der Waals surface area (Å²) in [5.74, 6) is 0.345. The van der Waals surface area contributed by atoms with Crippen molar-refractivity contribution in [2.75, 3.05) is 13.2 Å². The highest BCUT2D eigenvalue weighted by molar-refractivity contribution is 5.57. The molecule has 0 aliphatic carbocycles. The first-order chi connectivity index (χ1) is 13.8. The van der Waals surface area contributed by atoms with E-state index in [9.17, 15) is 10.2 Å². The average molecular weight is 395 g/mol. The maximum Gasteiger partial charge on any atom is 0.118 e. The highest BCUT2D eigenvalue weighted by atomic mass is 16.5. The number of aryl methyl sites for hydroxylation is 2. The Hall–Kier alpha value is -2.10. The minimum absolute atomic E-state index is 0.0790. The van der Waals surface area contributed by atoms with Crippen molar-refractivity contribution < 1.29 is 14.9 Å². The molecule has 156 valence electrons. The van der Waals surface area contributed by atoms with Crippen molar-refractivity contribution in [3.63, 3.8) is 0 Å². The molecule has 1 fully saturated rings. The van der Waals surface area contributed by atoms with E-state index in [1.54, 1.807) is 0 Å². The maximum atomic E-state index is 10.7. The van der Waals surface area contributed by atoms with Crippen molar-refractivity contribution in [1.29, 1.82) is 0 Å². The van der Waals surface area contributed by atoms with Gasteiger partial charge in [0.2, 0.25) is 0 Å². The van der Waals surface area contributed by atoms with Crippen molar-refractivity contribution in [3.8, 4) is 5.75 Å². The fraction of sp³-hybridized carbons (Fsp3) is 0.462. The van der Waals surface area contributed by atoms with Gasteiger partial charge in [-0.1, -0.05) is 56.3 Å². The predicted octanol–water partition coefficient (Wildman–Crippen LogP) is 5.67. The first kappa shape index (κ1) is 21.6. The normalized spacial score (nSPS) is 17.0. The molecule has 0 bridgehead atoms. The maximum absolute atomic E-state index is 10.7. The van der Waals surface area contributed by atoms with Crippen LogP contribution in [0.5, 0.6) is 5.75 Å². The van der Waals surface area contributed by atoms with Crippen molar-refractivity contribution in [1.82, 2.24) is 0 Å². The molecular formula is C26H34O3. The Morgan fingerprint density at radius 1 is 0.966 bits per heavy atom. The second kappa shape index (κ2) is 8.73. The second-order valence-electron chi connectivity index (χ2n) is 8.41. The van der Waals surface area contributed by atoms with Crippen LogP contribution in [0.1, 0.15) is 67.3 Å². The van der Waals surface area contributed by atoms with Gasteiger partial charge in [0.1, 0.15) is 5.75 Å². The molecule has 1 saturated heterocycles. The van der Waals surface area contributed by atoms with Gasteiger partial charge in [-0.15, -0.1) is 0 Å². The zero-order valence-electron chi connectivity index (χ0n) is 18.2. The van der Waals surface area contributed by atoms with Crippen LogP contribution in [0.2, 0.25) is 0 Å². The summed E-state index contributed by atoms with van der Waals surface area (Å²) in [7, 11) is 0. The molecule has 3 nitrogen and oxygen atoms in total. The standard InChI is InChI=1S/C26H34O3/c1-5-26(6-2,23-9-10-24(27)20(4)18-23)22-8-7-21(19(3)17-22)11-12-25(28)13-15-29-16-14-25/h7-12,17-18,27-28H,5-6,13-16H2,1-4H3. The van der Waals surface area contributed by atoms with Crippen molar-refractivity contribution in [2.24, 2.45) is 0 Å². The summed E-state index contributed by atoms with van der Waals surface area (Å²) in [6, 6.07) is 12.6. The van der Waals surface area contributed by atoms with Crippen molar-refractivity contribution in [3.05, 3.63) is 70.3 Å². The summed E-state index contributed by atoms with van der Waals surface area (Å²) in [5.41, 5.74) is 4.96. The van der Waals surface area contributed by atoms with Gasteiger partial charge in [-0.25, -0.2) is 0 Å². The number of phenolic OH excluding ortho intramolecular Hbond substituents is 1. The number of rotatable bonds is 6. The Labute approximate surface area is 175 Å². The first-order valence-corrected chi connectivity index (χ1v) is 10.7. The molecule has 1 heterocycles. The molecular weight excluding hydrogens is 360 g/mol. The number of hydrogen-bond acceptors (Lipinski definition) is 3. The van der Waals surface area contributed by atoms with Gasteiger partial charge < -0.3 is 14.9 Å². The van der Waals surface area contributed by atoms with E-state index in [2.05, 4.69) is 57.2 Å². The molecule has 2 aromatic carbocycles. The number of aliphatic hydroxyl groups is 1. The first-order valence-electron chi connectivity index (χ1n) is 10.7. The summed E-state index contributed by atoms with van der Waals surface area (Å²) >= 11 is 0. The average Bonchev–Trinajstić information content (AvgIpc) is 2.72. The molecule has 3 heteroatoms. The lowest BCUT2D eigenvalue weighted by atomic mass is 9.70. The van der Waals surface area contributed by atoms with Gasteiger partial charge in [-0.3, -0.25) is 0 Å². The molecule has 0 saturated carbocycles. The molecule has 0 radical (unpaired) electrons. The van der Waals surface area contributed by atoms with E-state index in [1.165, 1.54) is 16.7 Å². The lowest BCUT2D eigenvalue weighted by molar-refractivity contribution is -0.0317. The Balaban J connectivity index is 1.95. The van der Waals surface area contributed by atoms with Crippen LogP contribution in [0.3, 0.4) is 0 Å². The molecule has 3 rings (SSSR count). The van der Waals surface area contributed by atoms with Crippen LogP contribution in [0.4, 0.5) is 0 Å². The third kappa shape index (κ3) is 4.41. The third-order valence-corrected chi connectivity index (χ3v) is 6.71. The number of ether oxygens (including phenoxy) is 1. The highest BCUT2D eigenvalue weighted by Gasteiger charge is 2.31. The molecule has 2 aromatic rings. The molecule has 2 N–H and O–H groups in total. The zero-order chi connectivity index (χ0) is 21.1. The third-order valence-electron chi connectivity index (χ3n) is 6.71. The van der Waals surface area contributed by atoms with Crippen LogP contribution in [0, 0.1) is 13.8 Å². The topological polar surface area (TPSA) is 49.7 Å². The molecule has 0 aromatic heterocycles. The van der Waals surface area contributed by atoms with Gasteiger partial charge in [0.15, 0.2) is 0 Å². The van der Waals surface area contributed by atoms with Gasteiger partial charge >= 0.3 is 0 Å². The summed E-state index contributed by atoms with van der Waals surface area (Å²) in [5, 5.41) is 20.7. The quantitative estimate of drug-likeness (QED) is 0.664. The summed E-state index contributed by atoms with van der Waals surface area (Å²) in [4.78, 5) is 0. The van der Waals surface area contributed by atoms with Crippen LogP contribution in [-0.4, -0.2) is 29.0 Å². The lowest BCUT2D eigenvalue weighted by Crippen LogP contribution is -2.33. The van der Waals surface area contributed by atoms with Gasteiger partial charge in [-0.2, -0.15) is 0 Å². The largest absolute Gasteiger partial charge is 0.508 e. The van der Waals surface area contributed by atoms with Gasteiger partial charge in [-0.05, 0) is 60.6 Å². The van der Waals surface area contributed by atoms with E-state index in [0.717, 1.165) is 24.0 Å². The summed E-state index contributed by atoms with van der Waals surface area (Å²) < 4.78 is 5.37. The minimum Gasteiger partial charge on any atom is -0.508 e. The van der Waals surface area contributed by atoms with Gasteiger partial charge in [0.05, 0.1) is 5.60 Å². The number of phenols is 1. The molecule has 0 atom stereocenters. The predicted molar refractivity (Wildman–Crippen MR) is 119 cm³/mol. The van der Waals surface area contributed by atoms with Gasteiger partial charge in [0, 0.05) is 31.5 Å². The Kier molecular flexibility index (Phi) is 6.50.